The summed E-state index contributed by atoms with van der Waals surface area (Å²) in [4.78, 5) is 8.32. The Bertz CT molecular complexity index is 364. The SMILES string of the molecule is CCCc1c(Cl)ncnc1NCCCC1CC1. The van der Waals surface area contributed by atoms with Gasteiger partial charge in [0.15, 0.2) is 0 Å². The third kappa shape index (κ3) is 3.84. The predicted molar refractivity (Wildman–Crippen MR) is 71.5 cm³/mol. The van der Waals surface area contributed by atoms with Crippen LogP contribution in [0.5, 0.6) is 0 Å². The van der Waals surface area contributed by atoms with Gasteiger partial charge in [0.1, 0.15) is 17.3 Å². The lowest BCUT2D eigenvalue weighted by molar-refractivity contribution is 0.685. The van der Waals surface area contributed by atoms with Crippen molar-refractivity contribution in [3.05, 3.63) is 17.0 Å². The van der Waals surface area contributed by atoms with Crippen molar-refractivity contribution in [3.63, 3.8) is 0 Å². The van der Waals surface area contributed by atoms with Crippen molar-refractivity contribution in [1.29, 1.82) is 0 Å². The summed E-state index contributed by atoms with van der Waals surface area (Å²) in [5.74, 6) is 1.92. The Kier molecular flexibility index (Phi) is 4.60. The van der Waals surface area contributed by atoms with Crippen molar-refractivity contribution in [1.82, 2.24) is 9.97 Å². The lowest BCUT2D eigenvalue weighted by Gasteiger charge is -2.10. The van der Waals surface area contributed by atoms with Gasteiger partial charge >= 0.3 is 0 Å². The van der Waals surface area contributed by atoms with Crippen LogP contribution in [-0.4, -0.2) is 16.5 Å². The smallest absolute Gasteiger partial charge is 0.137 e. The molecule has 1 N–H and O–H groups in total. The third-order valence-corrected chi connectivity index (χ3v) is 3.50. The Labute approximate surface area is 108 Å². The summed E-state index contributed by atoms with van der Waals surface area (Å²) >= 11 is 6.09. The molecule has 1 aliphatic rings. The van der Waals surface area contributed by atoms with E-state index >= 15 is 0 Å². The first kappa shape index (κ1) is 12.6. The maximum absolute atomic E-state index is 6.09. The average Bonchev–Trinajstić information content (AvgIpc) is 3.12. The molecule has 1 heterocycles. The fourth-order valence-corrected chi connectivity index (χ4v) is 2.25. The zero-order valence-electron chi connectivity index (χ0n) is 10.4. The molecule has 0 radical (unpaired) electrons. The van der Waals surface area contributed by atoms with Crippen LogP contribution in [0.15, 0.2) is 6.33 Å². The molecule has 1 aliphatic carbocycles. The second-order valence-electron chi connectivity index (χ2n) is 4.75. The van der Waals surface area contributed by atoms with Crippen LogP contribution < -0.4 is 5.32 Å². The fraction of sp³-hybridized carbons (Fsp3) is 0.692. The highest BCUT2D eigenvalue weighted by Gasteiger charge is 2.20. The van der Waals surface area contributed by atoms with Gasteiger partial charge in [-0.3, -0.25) is 0 Å². The molecule has 1 saturated carbocycles. The first-order valence-electron chi connectivity index (χ1n) is 6.54. The fourth-order valence-electron chi connectivity index (χ4n) is 2.02. The molecule has 0 aromatic carbocycles. The van der Waals surface area contributed by atoms with Crippen LogP contribution in [-0.2, 0) is 6.42 Å². The molecule has 0 aliphatic heterocycles. The number of anilines is 1. The number of aromatic nitrogens is 2. The lowest BCUT2D eigenvalue weighted by atomic mass is 10.2. The van der Waals surface area contributed by atoms with E-state index in [1.165, 1.54) is 32.0 Å². The van der Waals surface area contributed by atoms with Gasteiger partial charge in [0, 0.05) is 12.1 Å². The zero-order valence-corrected chi connectivity index (χ0v) is 11.1. The number of nitrogens with zero attached hydrogens (tertiary/aromatic N) is 2. The largest absolute Gasteiger partial charge is 0.370 e. The molecular formula is C13H20ClN3. The second kappa shape index (κ2) is 6.20. The Morgan fingerprint density at radius 2 is 2.24 bits per heavy atom. The zero-order chi connectivity index (χ0) is 12.1. The first-order valence-corrected chi connectivity index (χ1v) is 6.92. The molecule has 0 bridgehead atoms. The van der Waals surface area contributed by atoms with Gasteiger partial charge in [-0.1, -0.05) is 37.8 Å². The monoisotopic (exact) mass is 253 g/mol. The standard InChI is InChI=1S/C13H20ClN3/c1-2-4-11-12(14)16-9-17-13(11)15-8-3-5-10-6-7-10/h9-10H,2-8H2,1H3,(H,15,16,17). The highest BCUT2D eigenvalue weighted by molar-refractivity contribution is 6.30. The number of rotatable bonds is 7. The molecule has 4 heteroatoms. The van der Waals surface area contributed by atoms with Crippen LogP contribution in [0.25, 0.3) is 0 Å². The number of hydrogen-bond donors (Lipinski definition) is 1. The summed E-state index contributed by atoms with van der Waals surface area (Å²) in [6.45, 7) is 3.13. The molecule has 0 spiro atoms. The summed E-state index contributed by atoms with van der Waals surface area (Å²) in [5.41, 5.74) is 1.06. The summed E-state index contributed by atoms with van der Waals surface area (Å²) in [5, 5.41) is 3.98. The van der Waals surface area contributed by atoms with Gasteiger partial charge in [-0.15, -0.1) is 0 Å². The molecule has 0 unspecified atom stereocenters. The van der Waals surface area contributed by atoms with Gasteiger partial charge in [-0.05, 0) is 25.2 Å². The number of halogens is 1. The van der Waals surface area contributed by atoms with Crippen molar-refractivity contribution < 1.29 is 0 Å². The van der Waals surface area contributed by atoms with Gasteiger partial charge in [-0.25, -0.2) is 9.97 Å². The summed E-state index contributed by atoms with van der Waals surface area (Å²) in [7, 11) is 0. The summed E-state index contributed by atoms with van der Waals surface area (Å²) < 4.78 is 0. The molecule has 0 saturated heterocycles. The summed E-state index contributed by atoms with van der Waals surface area (Å²) in [6.07, 6.45) is 8.95. The van der Waals surface area contributed by atoms with Gasteiger partial charge in [0.2, 0.25) is 0 Å². The van der Waals surface area contributed by atoms with Crippen molar-refractivity contribution in [2.24, 2.45) is 5.92 Å². The van der Waals surface area contributed by atoms with E-state index in [0.29, 0.717) is 5.15 Å². The first-order chi connectivity index (χ1) is 8.31. The number of nitrogens with one attached hydrogen (secondary N) is 1. The molecule has 1 aromatic heterocycles. The van der Waals surface area contributed by atoms with Crippen LogP contribution in [0, 0.1) is 5.92 Å². The van der Waals surface area contributed by atoms with Crippen LogP contribution in [0.2, 0.25) is 5.15 Å². The Morgan fingerprint density at radius 1 is 1.41 bits per heavy atom. The van der Waals surface area contributed by atoms with Gasteiger partial charge in [-0.2, -0.15) is 0 Å². The van der Waals surface area contributed by atoms with E-state index in [9.17, 15) is 0 Å². The van der Waals surface area contributed by atoms with Crippen molar-refractivity contribution in [3.8, 4) is 0 Å². The van der Waals surface area contributed by atoms with E-state index in [4.69, 9.17) is 11.6 Å². The van der Waals surface area contributed by atoms with E-state index in [0.717, 1.165) is 36.7 Å². The van der Waals surface area contributed by atoms with E-state index < -0.39 is 0 Å². The van der Waals surface area contributed by atoms with Crippen molar-refractivity contribution >= 4 is 17.4 Å². The minimum absolute atomic E-state index is 0.589. The minimum Gasteiger partial charge on any atom is -0.370 e. The molecule has 3 nitrogen and oxygen atoms in total. The van der Waals surface area contributed by atoms with Crippen molar-refractivity contribution in [2.45, 2.75) is 45.4 Å². The van der Waals surface area contributed by atoms with E-state index in [1.54, 1.807) is 0 Å². The third-order valence-electron chi connectivity index (χ3n) is 3.17. The van der Waals surface area contributed by atoms with Crippen LogP contribution in [0.4, 0.5) is 5.82 Å². The molecule has 1 fully saturated rings. The molecule has 0 amide bonds. The van der Waals surface area contributed by atoms with Crippen LogP contribution in [0.1, 0.15) is 44.6 Å². The lowest BCUT2D eigenvalue weighted by Crippen LogP contribution is -2.07. The maximum Gasteiger partial charge on any atom is 0.137 e. The van der Waals surface area contributed by atoms with Crippen molar-refractivity contribution in [2.75, 3.05) is 11.9 Å². The van der Waals surface area contributed by atoms with Crippen LogP contribution in [0.3, 0.4) is 0 Å². The van der Waals surface area contributed by atoms with E-state index in [-0.39, 0.29) is 0 Å². The highest BCUT2D eigenvalue weighted by Crippen LogP contribution is 2.33. The minimum atomic E-state index is 0.589. The quantitative estimate of drug-likeness (QED) is 0.595. The Morgan fingerprint density at radius 3 is 2.94 bits per heavy atom. The normalized spacial score (nSPS) is 14.9. The molecule has 0 atom stereocenters. The highest BCUT2D eigenvalue weighted by atomic mass is 35.5. The molecule has 17 heavy (non-hydrogen) atoms. The van der Waals surface area contributed by atoms with E-state index in [2.05, 4.69) is 22.2 Å². The molecule has 94 valence electrons. The molecular weight excluding hydrogens is 234 g/mol. The second-order valence-corrected chi connectivity index (χ2v) is 5.11. The Hall–Kier alpha value is -0.830. The molecule has 2 rings (SSSR count). The topological polar surface area (TPSA) is 37.8 Å². The van der Waals surface area contributed by atoms with Gasteiger partial charge in [0.05, 0.1) is 0 Å². The maximum atomic E-state index is 6.09. The Balaban J connectivity index is 1.86. The summed E-state index contributed by atoms with van der Waals surface area (Å²) in [6, 6.07) is 0. The van der Waals surface area contributed by atoms with Gasteiger partial charge in [0.25, 0.3) is 0 Å². The average molecular weight is 254 g/mol. The van der Waals surface area contributed by atoms with E-state index in [1.807, 2.05) is 0 Å². The van der Waals surface area contributed by atoms with Gasteiger partial charge < -0.3 is 5.32 Å². The molecule has 1 aromatic rings. The van der Waals surface area contributed by atoms with Crippen LogP contribution >= 0.6 is 11.6 Å². The predicted octanol–water partition coefficient (Wildman–Crippen LogP) is 3.68. The number of hydrogen-bond acceptors (Lipinski definition) is 3.